The van der Waals surface area contributed by atoms with Gasteiger partial charge in [0, 0.05) is 26.2 Å². The first-order valence-corrected chi connectivity index (χ1v) is 6.84. The molecular weight excluding hydrogens is 266 g/mol. The second kappa shape index (κ2) is 6.32. The highest BCUT2D eigenvalue weighted by molar-refractivity contribution is 5.18. The standard InChI is InChI=1S/C15H17N5O/c1-20-13(7-8-17-20)10-16-11-15-18-14(19-21-15)9-12-5-3-2-4-6-12/h2-8,16H,9-11H2,1H3. The molecule has 1 aromatic carbocycles. The minimum atomic E-state index is 0.549. The number of benzene rings is 1. The van der Waals surface area contributed by atoms with Gasteiger partial charge in [0.2, 0.25) is 5.89 Å². The molecule has 0 radical (unpaired) electrons. The van der Waals surface area contributed by atoms with Crippen LogP contribution in [0.1, 0.15) is 23.0 Å². The van der Waals surface area contributed by atoms with E-state index in [4.69, 9.17) is 4.52 Å². The molecule has 1 N–H and O–H groups in total. The van der Waals surface area contributed by atoms with Crippen LogP contribution < -0.4 is 5.32 Å². The lowest BCUT2D eigenvalue weighted by molar-refractivity contribution is 0.362. The van der Waals surface area contributed by atoms with Gasteiger partial charge in [0.1, 0.15) is 0 Å². The minimum Gasteiger partial charge on any atom is -0.338 e. The normalized spacial score (nSPS) is 10.9. The lowest BCUT2D eigenvalue weighted by Crippen LogP contribution is -2.15. The van der Waals surface area contributed by atoms with Crippen molar-refractivity contribution in [3.05, 3.63) is 65.6 Å². The zero-order valence-electron chi connectivity index (χ0n) is 11.9. The highest BCUT2D eigenvalue weighted by atomic mass is 16.5. The first-order valence-electron chi connectivity index (χ1n) is 6.84. The Morgan fingerprint density at radius 1 is 1.14 bits per heavy atom. The lowest BCUT2D eigenvalue weighted by atomic mass is 10.1. The molecule has 108 valence electrons. The molecule has 2 heterocycles. The van der Waals surface area contributed by atoms with E-state index < -0.39 is 0 Å². The largest absolute Gasteiger partial charge is 0.338 e. The average Bonchev–Trinajstić information content (AvgIpc) is 3.10. The van der Waals surface area contributed by atoms with Crippen molar-refractivity contribution >= 4 is 0 Å². The van der Waals surface area contributed by atoms with Gasteiger partial charge in [0.25, 0.3) is 0 Å². The fourth-order valence-electron chi connectivity index (χ4n) is 2.08. The lowest BCUT2D eigenvalue weighted by Gasteiger charge is -2.01. The Balaban J connectivity index is 1.52. The number of aromatic nitrogens is 4. The van der Waals surface area contributed by atoms with Crippen molar-refractivity contribution in [3.63, 3.8) is 0 Å². The van der Waals surface area contributed by atoms with E-state index in [1.54, 1.807) is 6.20 Å². The molecule has 6 heteroatoms. The summed E-state index contributed by atoms with van der Waals surface area (Å²) >= 11 is 0. The van der Waals surface area contributed by atoms with Crippen LogP contribution >= 0.6 is 0 Å². The van der Waals surface area contributed by atoms with Crippen LogP contribution in [0.3, 0.4) is 0 Å². The summed E-state index contributed by atoms with van der Waals surface area (Å²) in [4.78, 5) is 4.38. The Morgan fingerprint density at radius 2 is 2.00 bits per heavy atom. The predicted molar refractivity (Wildman–Crippen MR) is 77.3 cm³/mol. The molecule has 6 nitrogen and oxygen atoms in total. The van der Waals surface area contributed by atoms with Crippen LogP contribution in [-0.4, -0.2) is 19.9 Å². The summed E-state index contributed by atoms with van der Waals surface area (Å²) in [6, 6.07) is 12.1. The molecule has 0 aliphatic heterocycles. The molecule has 2 aromatic heterocycles. The number of nitrogens with zero attached hydrogens (tertiary/aromatic N) is 4. The van der Waals surface area contributed by atoms with Gasteiger partial charge < -0.3 is 9.84 Å². The summed E-state index contributed by atoms with van der Waals surface area (Å²) in [7, 11) is 1.92. The summed E-state index contributed by atoms with van der Waals surface area (Å²) < 4.78 is 7.08. The molecule has 0 fully saturated rings. The molecule has 0 spiro atoms. The number of aryl methyl sites for hydroxylation is 1. The first-order chi connectivity index (χ1) is 10.3. The van der Waals surface area contributed by atoms with E-state index in [2.05, 4.69) is 32.7 Å². The van der Waals surface area contributed by atoms with Crippen LogP contribution in [0.5, 0.6) is 0 Å². The van der Waals surface area contributed by atoms with Crippen molar-refractivity contribution in [3.8, 4) is 0 Å². The Labute approximate surface area is 122 Å². The van der Waals surface area contributed by atoms with Crippen LogP contribution in [0.4, 0.5) is 0 Å². The van der Waals surface area contributed by atoms with E-state index in [9.17, 15) is 0 Å². The van der Waals surface area contributed by atoms with Crippen LogP contribution in [0.25, 0.3) is 0 Å². The molecule has 3 aromatic rings. The van der Waals surface area contributed by atoms with E-state index in [0.717, 1.165) is 5.69 Å². The van der Waals surface area contributed by atoms with Gasteiger partial charge in [-0.05, 0) is 11.6 Å². The summed E-state index contributed by atoms with van der Waals surface area (Å²) in [6.45, 7) is 1.26. The van der Waals surface area contributed by atoms with E-state index in [1.165, 1.54) is 5.56 Å². The van der Waals surface area contributed by atoms with Gasteiger partial charge in [-0.3, -0.25) is 4.68 Å². The van der Waals surface area contributed by atoms with Crippen molar-refractivity contribution in [1.82, 2.24) is 25.2 Å². The van der Waals surface area contributed by atoms with Crippen molar-refractivity contribution in [2.75, 3.05) is 0 Å². The fraction of sp³-hybridized carbons (Fsp3) is 0.267. The second-order valence-electron chi connectivity index (χ2n) is 4.82. The smallest absolute Gasteiger partial charge is 0.240 e. The summed E-state index contributed by atoms with van der Waals surface area (Å²) in [6.07, 6.45) is 2.47. The van der Waals surface area contributed by atoms with Crippen molar-refractivity contribution < 1.29 is 4.52 Å². The molecule has 0 aliphatic rings. The maximum atomic E-state index is 5.24. The molecule has 0 atom stereocenters. The van der Waals surface area contributed by atoms with E-state index in [1.807, 2.05) is 36.0 Å². The zero-order valence-corrected chi connectivity index (χ0v) is 11.9. The predicted octanol–water partition coefficient (Wildman–Crippen LogP) is 1.68. The molecule has 0 bridgehead atoms. The van der Waals surface area contributed by atoms with Gasteiger partial charge >= 0.3 is 0 Å². The molecular formula is C15H17N5O. The topological polar surface area (TPSA) is 68.8 Å². The second-order valence-corrected chi connectivity index (χ2v) is 4.82. The van der Waals surface area contributed by atoms with Gasteiger partial charge in [-0.15, -0.1) is 0 Å². The van der Waals surface area contributed by atoms with Gasteiger partial charge in [0.15, 0.2) is 5.82 Å². The van der Waals surface area contributed by atoms with Crippen molar-refractivity contribution in [1.29, 1.82) is 0 Å². The van der Waals surface area contributed by atoms with Crippen LogP contribution in [0.15, 0.2) is 47.1 Å². The third-order valence-corrected chi connectivity index (χ3v) is 3.22. The summed E-state index contributed by atoms with van der Waals surface area (Å²) in [5.74, 6) is 1.31. The third kappa shape index (κ3) is 3.55. The summed E-state index contributed by atoms with van der Waals surface area (Å²) in [5, 5.41) is 11.4. The van der Waals surface area contributed by atoms with Crippen LogP contribution in [0.2, 0.25) is 0 Å². The SMILES string of the molecule is Cn1nccc1CNCc1nc(Cc2ccccc2)no1. The highest BCUT2D eigenvalue weighted by Crippen LogP contribution is 2.06. The van der Waals surface area contributed by atoms with Crippen molar-refractivity contribution in [2.24, 2.45) is 7.05 Å². The molecule has 0 unspecified atom stereocenters. The van der Waals surface area contributed by atoms with Crippen molar-refractivity contribution in [2.45, 2.75) is 19.5 Å². The van der Waals surface area contributed by atoms with Gasteiger partial charge in [-0.25, -0.2) is 0 Å². The van der Waals surface area contributed by atoms with Crippen LogP contribution in [0, 0.1) is 0 Å². The average molecular weight is 283 g/mol. The number of nitrogens with one attached hydrogen (secondary N) is 1. The Hall–Kier alpha value is -2.47. The molecule has 3 rings (SSSR count). The molecule has 0 amide bonds. The number of hydrogen-bond acceptors (Lipinski definition) is 5. The third-order valence-electron chi connectivity index (χ3n) is 3.22. The van der Waals surface area contributed by atoms with E-state index in [0.29, 0.717) is 31.2 Å². The Bertz CT molecular complexity index is 689. The molecule has 0 aliphatic carbocycles. The maximum absolute atomic E-state index is 5.24. The van der Waals surface area contributed by atoms with E-state index >= 15 is 0 Å². The summed E-state index contributed by atoms with van der Waals surface area (Å²) in [5.41, 5.74) is 2.28. The number of hydrogen-bond donors (Lipinski definition) is 1. The fourth-order valence-corrected chi connectivity index (χ4v) is 2.08. The minimum absolute atomic E-state index is 0.549. The highest BCUT2D eigenvalue weighted by Gasteiger charge is 2.07. The van der Waals surface area contributed by atoms with Crippen LogP contribution in [-0.2, 0) is 26.6 Å². The number of rotatable bonds is 6. The van der Waals surface area contributed by atoms with Gasteiger partial charge in [-0.2, -0.15) is 10.1 Å². The molecule has 0 saturated heterocycles. The van der Waals surface area contributed by atoms with E-state index in [-0.39, 0.29) is 0 Å². The zero-order chi connectivity index (χ0) is 14.5. The van der Waals surface area contributed by atoms with Gasteiger partial charge in [0.05, 0.1) is 12.2 Å². The molecule has 0 saturated carbocycles. The molecule has 21 heavy (non-hydrogen) atoms. The quantitative estimate of drug-likeness (QED) is 0.745. The monoisotopic (exact) mass is 283 g/mol. The van der Waals surface area contributed by atoms with Gasteiger partial charge in [-0.1, -0.05) is 35.5 Å². The first kappa shape index (κ1) is 13.5. The maximum Gasteiger partial charge on any atom is 0.240 e. The Morgan fingerprint density at radius 3 is 2.76 bits per heavy atom. The Kier molecular flexibility index (Phi) is 4.07.